The van der Waals surface area contributed by atoms with Gasteiger partial charge in [0.1, 0.15) is 5.82 Å². The molecule has 0 saturated carbocycles. The van der Waals surface area contributed by atoms with E-state index in [0.29, 0.717) is 12.0 Å². The number of hydrogen-bond acceptors (Lipinski definition) is 3. The first-order valence-electron chi connectivity index (χ1n) is 7.78. The number of rotatable bonds is 2. The first-order chi connectivity index (χ1) is 11.6. The van der Waals surface area contributed by atoms with E-state index in [-0.39, 0.29) is 24.3 Å². The lowest BCUT2D eigenvalue weighted by molar-refractivity contribution is 0.0715. The van der Waals surface area contributed by atoms with Gasteiger partial charge in [0.2, 0.25) is 0 Å². The third-order valence-corrected chi connectivity index (χ3v) is 4.45. The van der Waals surface area contributed by atoms with Crippen LogP contribution in [0.4, 0.5) is 4.39 Å². The van der Waals surface area contributed by atoms with E-state index in [2.05, 4.69) is 4.98 Å². The molecule has 1 saturated heterocycles. The number of halogens is 1. The Bertz CT molecular complexity index is 891. The molecule has 1 amide bonds. The molecule has 0 spiro atoms. The van der Waals surface area contributed by atoms with E-state index >= 15 is 0 Å². The summed E-state index contributed by atoms with van der Waals surface area (Å²) < 4.78 is 14.9. The molecule has 1 fully saturated rings. The van der Waals surface area contributed by atoms with Crippen LogP contribution in [-0.4, -0.2) is 37.9 Å². The van der Waals surface area contributed by atoms with Gasteiger partial charge in [-0.25, -0.2) is 9.37 Å². The molecule has 4 rings (SSSR count). The summed E-state index contributed by atoms with van der Waals surface area (Å²) in [7, 11) is 0. The standard InChI is InChI=1S/C18H16FN3O2/c19-14-4-1-12(2-5-14)17-7-16(23)10-22(17)18(24)13-3-6-15-8-20-11-21(15)9-13/h1-6,8-9,11,16-17,23H,7,10H2/t16-,17+/m1/s1. The lowest BCUT2D eigenvalue weighted by atomic mass is 10.0. The fourth-order valence-corrected chi connectivity index (χ4v) is 3.25. The van der Waals surface area contributed by atoms with Crippen molar-refractivity contribution in [3.8, 4) is 0 Å². The predicted molar refractivity (Wildman–Crippen MR) is 86.0 cm³/mol. The summed E-state index contributed by atoms with van der Waals surface area (Å²) in [6.45, 7) is 0.267. The van der Waals surface area contributed by atoms with E-state index in [1.54, 1.807) is 46.2 Å². The summed E-state index contributed by atoms with van der Waals surface area (Å²) in [5.74, 6) is -0.475. The Kier molecular flexibility index (Phi) is 3.54. The lowest BCUT2D eigenvalue weighted by Gasteiger charge is -2.25. The zero-order valence-corrected chi connectivity index (χ0v) is 12.8. The number of carbonyl (C=O) groups is 1. The van der Waals surface area contributed by atoms with Crippen LogP contribution < -0.4 is 0 Å². The highest BCUT2D eigenvalue weighted by molar-refractivity contribution is 5.94. The molecule has 1 aliphatic rings. The second-order valence-electron chi connectivity index (χ2n) is 6.06. The Labute approximate surface area is 138 Å². The van der Waals surface area contributed by atoms with E-state index in [1.807, 2.05) is 6.07 Å². The number of aromatic nitrogens is 2. The SMILES string of the molecule is O=C(c1ccc2cncn2c1)N1C[C@H](O)C[C@H]1c1ccc(F)cc1. The fraction of sp³-hybridized carbons (Fsp3) is 0.222. The van der Waals surface area contributed by atoms with E-state index < -0.39 is 6.10 Å². The number of imidazole rings is 1. The number of benzene rings is 1. The maximum atomic E-state index is 13.2. The van der Waals surface area contributed by atoms with Crippen LogP contribution in [0.15, 0.2) is 55.1 Å². The summed E-state index contributed by atoms with van der Waals surface area (Å²) in [4.78, 5) is 18.6. The van der Waals surface area contributed by atoms with Crippen molar-refractivity contribution < 1.29 is 14.3 Å². The normalized spacial score (nSPS) is 20.7. The first-order valence-corrected chi connectivity index (χ1v) is 7.78. The molecule has 1 aromatic carbocycles. The molecular weight excluding hydrogens is 309 g/mol. The smallest absolute Gasteiger partial charge is 0.255 e. The van der Waals surface area contributed by atoms with Crippen molar-refractivity contribution >= 4 is 11.4 Å². The number of aliphatic hydroxyl groups is 1. The Morgan fingerprint density at radius 3 is 2.79 bits per heavy atom. The average molecular weight is 325 g/mol. The summed E-state index contributed by atoms with van der Waals surface area (Å²) in [5.41, 5.74) is 2.26. The molecule has 0 unspecified atom stereocenters. The van der Waals surface area contributed by atoms with Gasteiger partial charge in [-0.2, -0.15) is 0 Å². The molecule has 2 atom stereocenters. The van der Waals surface area contributed by atoms with Gasteiger partial charge in [0.25, 0.3) is 5.91 Å². The van der Waals surface area contributed by atoms with Crippen molar-refractivity contribution in [3.63, 3.8) is 0 Å². The van der Waals surface area contributed by atoms with Crippen molar-refractivity contribution in [2.75, 3.05) is 6.54 Å². The molecule has 6 heteroatoms. The number of fused-ring (bicyclic) bond motifs is 1. The van der Waals surface area contributed by atoms with Crippen LogP contribution in [0.25, 0.3) is 5.52 Å². The molecule has 2 aromatic heterocycles. The van der Waals surface area contributed by atoms with E-state index in [0.717, 1.165) is 11.1 Å². The monoisotopic (exact) mass is 325 g/mol. The average Bonchev–Trinajstić information content (AvgIpc) is 3.20. The van der Waals surface area contributed by atoms with Crippen LogP contribution in [0.3, 0.4) is 0 Å². The minimum absolute atomic E-state index is 0.156. The van der Waals surface area contributed by atoms with Gasteiger partial charge in [0.05, 0.1) is 35.8 Å². The number of hydrogen-bond donors (Lipinski definition) is 1. The number of β-amino-alcohol motifs (C(OH)–C–C–N with tert-alkyl or cyclic N) is 1. The summed E-state index contributed by atoms with van der Waals surface area (Å²) in [6.07, 6.45) is 4.96. The van der Waals surface area contributed by atoms with Gasteiger partial charge in [0, 0.05) is 12.7 Å². The van der Waals surface area contributed by atoms with E-state index in [9.17, 15) is 14.3 Å². The van der Waals surface area contributed by atoms with Crippen LogP contribution in [0.5, 0.6) is 0 Å². The van der Waals surface area contributed by atoms with Crippen LogP contribution >= 0.6 is 0 Å². The molecule has 0 aliphatic carbocycles. The van der Waals surface area contributed by atoms with E-state index in [4.69, 9.17) is 0 Å². The molecule has 3 heterocycles. The number of nitrogens with zero attached hydrogens (tertiary/aromatic N) is 3. The number of likely N-dealkylation sites (tertiary alicyclic amines) is 1. The predicted octanol–water partition coefficient (Wildman–Crippen LogP) is 2.42. The number of aliphatic hydroxyl groups excluding tert-OH is 1. The summed E-state index contributed by atoms with van der Waals surface area (Å²) in [6, 6.07) is 9.41. The van der Waals surface area contributed by atoms with Gasteiger partial charge in [-0.15, -0.1) is 0 Å². The zero-order chi connectivity index (χ0) is 16.7. The quantitative estimate of drug-likeness (QED) is 0.787. The molecule has 0 bridgehead atoms. The van der Waals surface area contributed by atoms with Gasteiger partial charge in [0.15, 0.2) is 0 Å². The highest BCUT2D eigenvalue weighted by atomic mass is 19.1. The molecule has 1 aliphatic heterocycles. The Hall–Kier alpha value is -2.73. The van der Waals surface area contributed by atoms with Gasteiger partial charge in [-0.3, -0.25) is 4.79 Å². The molecular formula is C18H16FN3O2. The molecule has 5 nitrogen and oxygen atoms in total. The van der Waals surface area contributed by atoms with Crippen LogP contribution in [0.2, 0.25) is 0 Å². The van der Waals surface area contributed by atoms with Gasteiger partial charge in [-0.05, 0) is 36.2 Å². The summed E-state index contributed by atoms with van der Waals surface area (Å²) in [5, 5.41) is 10.0. The molecule has 0 radical (unpaired) electrons. The summed E-state index contributed by atoms with van der Waals surface area (Å²) >= 11 is 0. The highest BCUT2D eigenvalue weighted by Crippen LogP contribution is 2.33. The van der Waals surface area contributed by atoms with Gasteiger partial charge in [-0.1, -0.05) is 12.1 Å². The minimum atomic E-state index is -0.582. The zero-order valence-electron chi connectivity index (χ0n) is 12.8. The Morgan fingerprint density at radius 2 is 2.00 bits per heavy atom. The van der Waals surface area contributed by atoms with E-state index in [1.165, 1.54) is 12.1 Å². The second-order valence-corrected chi connectivity index (χ2v) is 6.06. The van der Waals surface area contributed by atoms with Crippen molar-refractivity contribution in [2.45, 2.75) is 18.6 Å². The topological polar surface area (TPSA) is 57.8 Å². The van der Waals surface area contributed by atoms with Crippen LogP contribution in [0.1, 0.15) is 28.4 Å². The minimum Gasteiger partial charge on any atom is -0.391 e. The largest absolute Gasteiger partial charge is 0.391 e. The fourth-order valence-electron chi connectivity index (χ4n) is 3.25. The molecule has 1 N–H and O–H groups in total. The molecule has 3 aromatic rings. The maximum Gasteiger partial charge on any atom is 0.255 e. The number of pyridine rings is 1. The number of amides is 1. The maximum absolute atomic E-state index is 13.2. The van der Waals surface area contributed by atoms with Crippen molar-refractivity contribution in [1.82, 2.24) is 14.3 Å². The second kappa shape index (κ2) is 5.72. The third kappa shape index (κ3) is 2.55. The highest BCUT2D eigenvalue weighted by Gasteiger charge is 2.35. The Morgan fingerprint density at radius 1 is 1.21 bits per heavy atom. The first kappa shape index (κ1) is 14.8. The lowest BCUT2D eigenvalue weighted by Crippen LogP contribution is -2.32. The van der Waals surface area contributed by atoms with Crippen molar-refractivity contribution in [1.29, 1.82) is 0 Å². The number of carbonyl (C=O) groups excluding carboxylic acids is 1. The van der Waals surface area contributed by atoms with Crippen LogP contribution in [-0.2, 0) is 0 Å². The molecule has 122 valence electrons. The van der Waals surface area contributed by atoms with Crippen molar-refractivity contribution in [2.24, 2.45) is 0 Å². The van der Waals surface area contributed by atoms with Crippen molar-refractivity contribution in [3.05, 3.63) is 72.1 Å². The van der Waals surface area contributed by atoms with Gasteiger partial charge >= 0.3 is 0 Å². The Balaban J connectivity index is 1.67. The third-order valence-electron chi connectivity index (χ3n) is 4.45. The van der Waals surface area contributed by atoms with Crippen LogP contribution in [0, 0.1) is 5.82 Å². The van der Waals surface area contributed by atoms with Gasteiger partial charge < -0.3 is 14.4 Å². The molecule has 24 heavy (non-hydrogen) atoms.